The van der Waals surface area contributed by atoms with E-state index in [1.807, 2.05) is 30.3 Å². The zero-order valence-electron chi connectivity index (χ0n) is 9.72. The molecule has 0 aliphatic heterocycles. The van der Waals surface area contributed by atoms with Crippen molar-refractivity contribution in [3.8, 4) is 5.75 Å². The smallest absolute Gasteiger partial charge is 0.339 e. The molecule has 18 heavy (non-hydrogen) atoms. The highest BCUT2D eigenvalue weighted by molar-refractivity contribution is 9.10. The van der Waals surface area contributed by atoms with Crippen molar-refractivity contribution in [2.75, 3.05) is 7.11 Å². The Hall–Kier alpha value is -1.81. The summed E-state index contributed by atoms with van der Waals surface area (Å²) in [5, 5.41) is 0. The van der Waals surface area contributed by atoms with E-state index < -0.39 is 5.63 Å². The molecule has 0 spiro atoms. The number of halogens is 1. The summed E-state index contributed by atoms with van der Waals surface area (Å²) in [4.78, 5) is 11.2. The Labute approximate surface area is 113 Å². The summed E-state index contributed by atoms with van der Waals surface area (Å²) in [5.74, 6) is 0.948. The minimum Gasteiger partial charge on any atom is -0.496 e. The van der Waals surface area contributed by atoms with Crippen LogP contribution in [0.15, 0.2) is 50.1 Å². The summed E-state index contributed by atoms with van der Waals surface area (Å²) >= 11 is 3.37. The van der Waals surface area contributed by atoms with Crippen LogP contribution in [0.4, 0.5) is 0 Å². The summed E-state index contributed by atoms with van der Waals surface area (Å²) in [6, 6.07) is 10.8. The van der Waals surface area contributed by atoms with Crippen LogP contribution in [-0.2, 0) is 0 Å². The van der Waals surface area contributed by atoms with Gasteiger partial charge in [-0.2, -0.15) is 0 Å². The van der Waals surface area contributed by atoms with Gasteiger partial charge in [-0.25, -0.2) is 4.79 Å². The zero-order valence-corrected chi connectivity index (χ0v) is 11.3. The van der Waals surface area contributed by atoms with Crippen LogP contribution in [0.1, 0.15) is 11.3 Å². The normalized spacial score (nSPS) is 10.8. The Morgan fingerprint density at radius 1 is 1.17 bits per heavy atom. The Balaban J connectivity index is 2.25. The van der Waals surface area contributed by atoms with Gasteiger partial charge >= 0.3 is 5.63 Å². The summed E-state index contributed by atoms with van der Waals surface area (Å²) in [7, 11) is 1.51. The molecule has 3 nitrogen and oxygen atoms in total. The van der Waals surface area contributed by atoms with Crippen molar-refractivity contribution in [3.63, 3.8) is 0 Å². The predicted molar refractivity (Wildman–Crippen MR) is 74.6 cm³/mol. The van der Waals surface area contributed by atoms with Gasteiger partial charge in [0.25, 0.3) is 0 Å². The molecule has 0 saturated heterocycles. The molecule has 0 radical (unpaired) electrons. The second-order valence-electron chi connectivity index (χ2n) is 3.60. The van der Waals surface area contributed by atoms with Crippen LogP contribution in [0.3, 0.4) is 0 Å². The number of hydrogen-bond acceptors (Lipinski definition) is 3. The fraction of sp³-hybridized carbons (Fsp3) is 0.0714. The van der Waals surface area contributed by atoms with Crippen LogP contribution in [0.5, 0.6) is 5.75 Å². The first-order valence-electron chi connectivity index (χ1n) is 5.30. The lowest BCUT2D eigenvalue weighted by Crippen LogP contribution is -1.98. The van der Waals surface area contributed by atoms with Crippen LogP contribution in [0, 0.1) is 0 Å². The van der Waals surface area contributed by atoms with Gasteiger partial charge in [0.2, 0.25) is 0 Å². The largest absolute Gasteiger partial charge is 0.496 e. The van der Waals surface area contributed by atoms with Gasteiger partial charge in [0, 0.05) is 10.5 Å². The SMILES string of the molecule is COc1cc(/C=C/c2ccc(Br)cc2)oc(=O)c1. The minimum atomic E-state index is -0.426. The molecular formula is C14H11BrO3. The van der Waals surface area contributed by atoms with E-state index in [1.165, 1.54) is 13.2 Å². The summed E-state index contributed by atoms with van der Waals surface area (Å²) < 4.78 is 11.1. The fourth-order valence-electron chi connectivity index (χ4n) is 1.43. The van der Waals surface area contributed by atoms with Gasteiger partial charge in [-0.05, 0) is 23.8 Å². The number of benzene rings is 1. The van der Waals surface area contributed by atoms with Gasteiger partial charge in [0.15, 0.2) is 0 Å². The van der Waals surface area contributed by atoms with E-state index in [2.05, 4.69) is 15.9 Å². The maximum Gasteiger partial charge on any atom is 0.339 e. The molecule has 2 aromatic rings. The lowest BCUT2D eigenvalue weighted by atomic mass is 10.2. The van der Waals surface area contributed by atoms with Crippen molar-refractivity contribution in [3.05, 3.63) is 62.6 Å². The second-order valence-corrected chi connectivity index (χ2v) is 4.52. The van der Waals surface area contributed by atoms with Crippen molar-refractivity contribution in [1.29, 1.82) is 0 Å². The van der Waals surface area contributed by atoms with E-state index in [0.717, 1.165) is 10.0 Å². The van der Waals surface area contributed by atoms with Gasteiger partial charge in [-0.15, -0.1) is 0 Å². The molecule has 0 fully saturated rings. The van der Waals surface area contributed by atoms with Crippen molar-refractivity contribution < 1.29 is 9.15 Å². The molecule has 0 aliphatic rings. The molecule has 0 aliphatic carbocycles. The molecule has 0 N–H and O–H groups in total. The summed E-state index contributed by atoms with van der Waals surface area (Å²) in [6.45, 7) is 0. The fourth-order valence-corrected chi connectivity index (χ4v) is 1.69. The molecular weight excluding hydrogens is 296 g/mol. The molecule has 0 atom stereocenters. The lowest BCUT2D eigenvalue weighted by molar-refractivity contribution is 0.400. The number of ether oxygens (including phenoxy) is 1. The Morgan fingerprint density at radius 2 is 1.89 bits per heavy atom. The van der Waals surface area contributed by atoms with Gasteiger partial charge < -0.3 is 9.15 Å². The highest BCUT2D eigenvalue weighted by Gasteiger charge is 1.98. The molecule has 4 heteroatoms. The first-order chi connectivity index (χ1) is 8.67. The highest BCUT2D eigenvalue weighted by atomic mass is 79.9. The van der Waals surface area contributed by atoms with E-state index >= 15 is 0 Å². The Kier molecular flexibility index (Phi) is 3.99. The average molecular weight is 307 g/mol. The number of rotatable bonds is 3. The molecule has 1 aromatic heterocycles. The van der Waals surface area contributed by atoms with Crippen LogP contribution in [-0.4, -0.2) is 7.11 Å². The molecule has 0 bridgehead atoms. The molecule has 0 unspecified atom stereocenters. The zero-order chi connectivity index (χ0) is 13.0. The quantitative estimate of drug-likeness (QED) is 0.870. The molecule has 1 aromatic carbocycles. The van der Waals surface area contributed by atoms with E-state index in [1.54, 1.807) is 12.1 Å². The summed E-state index contributed by atoms with van der Waals surface area (Å²) in [6.07, 6.45) is 3.59. The van der Waals surface area contributed by atoms with Crippen LogP contribution >= 0.6 is 15.9 Å². The molecule has 1 heterocycles. The predicted octanol–water partition coefficient (Wildman–Crippen LogP) is 3.58. The Morgan fingerprint density at radius 3 is 2.56 bits per heavy atom. The highest BCUT2D eigenvalue weighted by Crippen LogP contribution is 2.15. The molecule has 92 valence electrons. The first-order valence-corrected chi connectivity index (χ1v) is 6.09. The van der Waals surface area contributed by atoms with Crippen molar-refractivity contribution in [2.24, 2.45) is 0 Å². The molecule has 0 saturated carbocycles. The topological polar surface area (TPSA) is 39.4 Å². The van der Waals surface area contributed by atoms with Gasteiger partial charge in [0.05, 0.1) is 13.2 Å². The standard InChI is InChI=1S/C14H11BrO3/c1-17-13-8-12(18-14(16)9-13)7-4-10-2-5-11(15)6-3-10/h2-9H,1H3/b7-4+. The van der Waals surface area contributed by atoms with Crippen molar-refractivity contribution in [2.45, 2.75) is 0 Å². The van der Waals surface area contributed by atoms with Gasteiger partial charge in [-0.3, -0.25) is 0 Å². The van der Waals surface area contributed by atoms with Crippen LogP contribution < -0.4 is 10.4 Å². The van der Waals surface area contributed by atoms with Gasteiger partial charge in [0.1, 0.15) is 11.5 Å². The maximum atomic E-state index is 11.2. The monoisotopic (exact) mass is 306 g/mol. The van der Waals surface area contributed by atoms with E-state index in [9.17, 15) is 4.79 Å². The first kappa shape index (κ1) is 12.6. The number of hydrogen-bond donors (Lipinski definition) is 0. The minimum absolute atomic E-state index is 0.426. The van der Waals surface area contributed by atoms with Crippen molar-refractivity contribution in [1.82, 2.24) is 0 Å². The van der Waals surface area contributed by atoms with E-state index in [4.69, 9.17) is 9.15 Å². The van der Waals surface area contributed by atoms with Crippen LogP contribution in [0.25, 0.3) is 12.2 Å². The third kappa shape index (κ3) is 3.34. The molecule has 0 amide bonds. The number of methoxy groups -OCH3 is 1. The van der Waals surface area contributed by atoms with Crippen LogP contribution in [0.2, 0.25) is 0 Å². The van der Waals surface area contributed by atoms with E-state index in [0.29, 0.717) is 11.5 Å². The van der Waals surface area contributed by atoms with Gasteiger partial charge in [-0.1, -0.05) is 34.1 Å². The average Bonchev–Trinajstić information content (AvgIpc) is 2.37. The Bertz CT molecular complexity index is 612. The third-order valence-electron chi connectivity index (χ3n) is 2.31. The summed E-state index contributed by atoms with van der Waals surface area (Å²) in [5.41, 5.74) is 0.591. The second kappa shape index (κ2) is 5.69. The lowest BCUT2D eigenvalue weighted by Gasteiger charge is -1.99. The third-order valence-corrected chi connectivity index (χ3v) is 2.84. The molecule has 2 rings (SSSR count). The van der Waals surface area contributed by atoms with E-state index in [-0.39, 0.29) is 0 Å². The maximum absolute atomic E-state index is 11.2. The van der Waals surface area contributed by atoms with Crippen molar-refractivity contribution >= 4 is 28.1 Å².